The molecule has 0 radical (unpaired) electrons. The summed E-state index contributed by atoms with van der Waals surface area (Å²) in [7, 11) is 7.84. The highest BCUT2D eigenvalue weighted by molar-refractivity contribution is 5.43. The molecule has 1 aliphatic heterocycles. The third-order valence-electron chi connectivity index (χ3n) is 9.05. The molecule has 0 bridgehead atoms. The topological polar surface area (TPSA) is 37.4 Å². The van der Waals surface area contributed by atoms with Crippen molar-refractivity contribution in [3.63, 3.8) is 0 Å². The third-order valence-corrected chi connectivity index (χ3v) is 9.05. The molecule has 1 aliphatic carbocycles. The summed E-state index contributed by atoms with van der Waals surface area (Å²) in [5.41, 5.74) is 3.81. The predicted molar refractivity (Wildman–Crippen MR) is 155 cm³/mol. The molecule has 1 unspecified atom stereocenters. The monoisotopic (exact) mass is 529 g/mol. The van der Waals surface area contributed by atoms with Crippen LogP contribution in [0.4, 0.5) is 0 Å². The highest BCUT2D eigenvalue weighted by Crippen LogP contribution is 2.50. The number of benzene rings is 3. The van der Waals surface area contributed by atoms with Gasteiger partial charge in [0.15, 0.2) is 11.5 Å². The number of hydroxylamine groups is 2. The van der Waals surface area contributed by atoms with Crippen LogP contribution in [-0.2, 0) is 23.5 Å². The molecular weight excluding hydrogens is 486 g/mol. The van der Waals surface area contributed by atoms with Gasteiger partial charge in [0.1, 0.15) is 0 Å². The van der Waals surface area contributed by atoms with Gasteiger partial charge in [-0.05, 0) is 75.5 Å². The summed E-state index contributed by atoms with van der Waals surface area (Å²) in [5, 5.41) is 2.34. The maximum Gasteiger partial charge on any atom is 0.161 e. The zero-order valence-corrected chi connectivity index (χ0v) is 24.1. The van der Waals surface area contributed by atoms with Gasteiger partial charge in [0.2, 0.25) is 0 Å². The van der Waals surface area contributed by atoms with E-state index < -0.39 is 0 Å². The van der Waals surface area contributed by atoms with Crippen molar-refractivity contribution in [3.05, 3.63) is 95.6 Å². The van der Waals surface area contributed by atoms with Crippen molar-refractivity contribution in [1.82, 2.24) is 14.9 Å². The van der Waals surface area contributed by atoms with Crippen LogP contribution in [0.2, 0.25) is 0 Å². The summed E-state index contributed by atoms with van der Waals surface area (Å²) >= 11 is 0. The summed E-state index contributed by atoms with van der Waals surface area (Å²) in [6.45, 7) is 4.65. The first-order valence-corrected chi connectivity index (χ1v) is 14.0. The van der Waals surface area contributed by atoms with Gasteiger partial charge >= 0.3 is 0 Å². The van der Waals surface area contributed by atoms with E-state index in [9.17, 15) is 0 Å². The number of ether oxygens (including phenoxy) is 2. The highest BCUT2D eigenvalue weighted by atomic mass is 16.7. The normalized spacial score (nSPS) is 25.8. The highest BCUT2D eigenvalue weighted by Gasteiger charge is 2.54. The smallest absolute Gasteiger partial charge is 0.161 e. The second kappa shape index (κ2) is 11.7. The number of nitrogens with zero attached hydrogens (tertiary/aromatic N) is 3. The zero-order valence-electron chi connectivity index (χ0n) is 24.1. The van der Waals surface area contributed by atoms with E-state index in [0.29, 0.717) is 6.61 Å². The molecule has 2 aliphatic rings. The summed E-state index contributed by atoms with van der Waals surface area (Å²) in [4.78, 5) is 11.7. The van der Waals surface area contributed by atoms with Gasteiger partial charge < -0.3 is 9.47 Å². The van der Waals surface area contributed by atoms with Crippen molar-refractivity contribution in [1.29, 1.82) is 0 Å². The van der Waals surface area contributed by atoms with Gasteiger partial charge in [0.05, 0.1) is 32.5 Å². The second-order valence-electron chi connectivity index (χ2n) is 11.3. The van der Waals surface area contributed by atoms with Crippen molar-refractivity contribution >= 4 is 0 Å². The van der Waals surface area contributed by atoms with E-state index in [4.69, 9.17) is 14.3 Å². The molecule has 0 aromatic heterocycles. The van der Waals surface area contributed by atoms with Crippen LogP contribution in [0, 0.1) is 0 Å². The number of methoxy groups -OCH3 is 2. The second-order valence-corrected chi connectivity index (χ2v) is 11.3. The fourth-order valence-corrected chi connectivity index (χ4v) is 6.74. The molecule has 5 rings (SSSR count). The molecule has 2 fully saturated rings. The number of rotatable bonds is 9. The van der Waals surface area contributed by atoms with E-state index in [1.54, 1.807) is 14.2 Å². The van der Waals surface area contributed by atoms with Crippen molar-refractivity contribution < 1.29 is 14.3 Å². The Morgan fingerprint density at radius 3 is 2.05 bits per heavy atom. The lowest BCUT2D eigenvalue weighted by Crippen LogP contribution is -2.55. The van der Waals surface area contributed by atoms with Crippen LogP contribution in [0.1, 0.15) is 49.3 Å². The van der Waals surface area contributed by atoms with E-state index in [1.807, 2.05) is 6.07 Å². The lowest BCUT2D eigenvalue weighted by Gasteiger charge is -2.51. The van der Waals surface area contributed by atoms with Crippen LogP contribution in [0.3, 0.4) is 0 Å². The minimum atomic E-state index is -0.0426. The van der Waals surface area contributed by atoms with Gasteiger partial charge in [-0.2, -0.15) is 5.06 Å². The number of hydrogen-bond acceptors (Lipinski definition) is 6. The Bertz CT molecular complexity index is 1210. The molecule has 1 heterocycles. The van der Waals surface area contributed by atoms with Crippen molar-refractivity contribution in [2.24, 2.45) is 0 Å². The van der Waals surface area contributed by atoms with Crippen LogP contribution >= 0.6 is 0 Å². The standard InChI is InChI=1S/C33H43N3O3/c1-26-35(23-28-16-17-30(37-4)31(22-28)38-5)25-32(36(26)39-24-27-12-8-6-9-13-27)18-20-33(21-19-32,34(2)3)29-14-10-7-11-15-29/h6-17,22,26H,18-21,23-25H2,1-5H3. The van der Waals surface area contributed by atoms with E-state index in [2.05, 4.69) is 109 Å². The molecule has 208 valence electrons. The molecule has 39 heavy (non-hydrogen) atoms. The first-order valence-electron chi connectivity index (χ1n) is 14.0. The maximum absolute atomic E-state index is 6.71. The van der Waals surface area contributed by atoms with Crippen LogP contribution in [0.5, 0.6) is 11.5 Å². The Balaban J connectivity index is 1.41. The van der Waals surface area contributed by atoms with Gasteiger partial charge in [-0.25, -0.2) is 0 Å². The minimum absolute atomic E-state index is 0.0393. The quantitative estimate of drug-likeness (QED) is 0.335. The molecule has 1 saturated heterocycles. The lowest BCUT2D eigenvalue weighted by molar-refractivity contribution is -0.247. The van der Waals surface area contributed by atoms with Crippen molar-refractivity contribution in [2.45, 2.75) is 63.0 Å². The van der Waals surface area contributed by atoms with Gasteiger partial charge in [-0.1, -0.05) is 66.7 Å². The van der Waals surface area contributed by atoms with Gasteiger partial charge in [-0.15, -0.1) is 0 Å². The molecular formula is C33H43N3O3. The van der Waals surface area contributed by atoms with Crippen LogP contribution < -0.4 is 9.47 Å². The first-order chi connectivity index (χ1) is 18.9. The van der Waals surface area contributed by atoms with E-state index in [0.717, 1.165) is 50.3 Å². The van der Waals surface area contributed by atoms with Crippen molar-refractivity contribution in [2.75, 3.05) is 34.9 Å². The largest absolute Gasteiger partial charge is 0.493 e. The average Bonchev–Trinajstić information content (AvgIpc) is 3.22. The molecule has 0 N–H and O–H groups in total. The fraction of sp³-hybridized carbons (Fsp3) is 0.455. The average molecular weight is 530 g/mol. The Hall–Kier alpha value is -2.90. The molecule has 1 saturated carbocycles. The minimum Gasteiger partial charge on any atom is -0.493 e. The zero-order chi connectivity index (χ0) is 27.5. The number of hydrogen-bond donors (Lipinski definition) is 0. The molecule has 1 spiro atoms. The van der Waals surface area contributed by atoms with Crippen LogP contribution in [0.15, 0.2) is 78.9 Å². The van der Waals surface area contributed by atoms with Crippen LogP contribution in [-0.4, -0.2) is 61.4 Å². The predicted octanol–water partition coefficient (Wildman–Crippen LogP) is 6.07. The van der Waals surface area contributed by atoms with E-state index in [-0.39, 0.29) is 17.2 Å². The summed E-state index contributed by atoms with van der Waals surface area (Å²) < 4.78 is 11.1. The van der Waals surface area contributed by atoms with E-state index in [1.165, 1.54) is 16.7 Å². The molecule has 6 heteroatoms. The Morgan fingerprint density at radius 2 is 1.44 bits per heavy atom. The van der Waals surface area contributed by atoms with Crippen molar-refractivity contribution in [3.8, 4) is 11.5 Å². The maximum atomic E-state index is 6.71. The SMILES string of the molecule is COc1ccc(CN2CC3(CCC(c4ccccc4)(N(C)C)CC3)N(OCc3ccccc3)C2C)cc1OC. The van der Waals surface area contributed by atoms with Crippen LogP contribution in [0.25, 0.3) is 0 Å². The molecule has 3 aromatic rings. The van der Waals surface area contributed by atoms with Gasteiger partial charge in [-0.3, -0.25) is 14.6 Å². The lowest BCUT2D eigenvalue weighted by atomic mass is 9.68. The van der Waals surface area contributed by atoms with Gasteiger partial charge in [0.25, 0.3) is 0 Å². The molecule has 3 aromatic carbocycles. The fourth-order valence-electron chi connectivity index (χ4n) is 6.74. The molecule has 6 nitrogen and oxygen atoms in total. The summed E-state index contributed by atoms with van der Waals surface area (Å²) in [6.07, 6.45) is 4.46. The first kappa shape index (κ1) is 27.7. The summed E-state index contributed by atoms with van der Waals surface area (Å²) in [5.74, 6) is 1.53. The van der Waals surface area contributed by atoms with Gasteiger partial charge in [0, 0.05) is 18.6 Å². The molecule has 0 amide bonds. The Morgan fingerprint density at radius 1 is 0.795 bits per heavy atom. The Labute approximate surface area is 234 Å². The van der Waals surface area contributed by atoms with E-state index >= 15 is 0 Å². The third kappa shape index (κ3) is 5.44. The Kier molecular flexibility index (Phi) is 8.29. The summed E-state index contributed by atoms with van der Waals surface area (Å²) in [6, 6.07) is 27.8. The molecule has 1 atom stereocenters.